The number of carbonyl (C=O) groups is 1. The highest BCUT2D eigenvalue weighted by Crippen LogP contribution is 2.26. The molecule has 86 valence electrons. The van der Waals surface area contributed by atoms with Crippen molar-refractivity contribution in [2.45, 2.75) is 0 Å². The fourth-order valence-electron chi connectivity index (χ4n) is 1.67. The van der Waals surface area contributed by atoms with Crippen LogP contribution in [0.4, 0.5) is 0 Å². The molecule has 0 aliphatic heterocycles. The minimum absolute atomic E-state index is 0.0622. The minimum Gasteiger partial charge on any atom is -0.545 e. The predicted octanol–water partition coefficient (Wildman–Crippen LogP) is 1.73. The molecule has 0 aromatic heterocycles. The molecule has 0 spiro atoms. The van der Waals surface area contributed by atoms with Gasteiger partial charge in [-0.05, 0) is 23.3 Å². The molecule has 3 heteroatoms. The van der Waals surface area contributed by atoms with Gasteiger partial charge in [-0.3, -0.25) is 0 Å². The number of benzene rings is 2. The van der Waals surface area contributed by atoms with Crippen molar-refractivity contribution in [2.75, 3.05) is 7.11 Å². The lowest BCUT2D eigenvalue weighted by Gasteiger charge is -2.11. The summed E-state index contributed by atoms with van der Waals surface area (Å²) in [5.74, 6) is -0.923. The molecule has 3 nitrogen and oxygen atoms in total. The van der Waals surface area contributed by atoms with Gasteiger partial charge >= 0.3 is 0 Å². The van der Waals surface area contributed by atoms with Crippen molar-refractivity contribution in [3.05, 3.63) is 54.1 Å². The first-order valence-electron chi connectivity index (χ1n) is 5.17. The van der Waals surface area contributed by atoms with E-state index in [2.05, 4.69) is 0 Å². The number of carbonyl (C=O) groups excluding carboxylic acids is 1. The average Bonchev–Trinajstić information content (AvgIpc) is 2.39. The first kappa shape index (κ1) is 11.2. The summed E-state index contributed by atoms with van der Waals surface area (Å²) in [5.41, 5.74) is 1.98. The summed E-state index contributed by atoms with van der Waals surface area (Å²) in [6.07, 6.45) is 0. The molecule has 0 saturated heterocycles. The van der Waals surface area contributed by atoms with Crippen LogP contribution < -0.4 is 9.84 Å². The Labute approximate surface area is 99.3 Å². The summed E-state index contributed by atoms with van der Waals surface area (Å²) in [4.78, 5) is 10.8. The van der Waals surface area contributed by atoms with Crippen LogP contribution in [0.1, 0.15) is 10.4 Å². The van der Waals surface area contributed by atoms with Crippen LogP contribution in [0.5, 0.6) is 5.75 Å². The molecule has 2 aromatic carbocycles. The summed E-state index contributed by atoms with van der Waals surface area (Å²) in [6, 6.07) is 14.6. The molecule has 0 saturated carbocycles. The normalized spacial score (nSPS) is 9.94. The van der Waals surface area contributed by atoms with Crippen molar-refractivity contribution in [3.8, 4) is 16.9 Å². The Hall–Kier alpha value is -2.29. The molecule has 2 rings (SSSR count). The second-order valence-electron chi connectivity index (χ2n) is 3.57. The number of carboxylic acids is 1. The van der Waals surface area contributed by atoms with Crippen LogP contribution >= 0.6 is 0 Å². The Balaban J connectivity index is 2.49. The highest BCUT2D eigenvalue weighted by molar-refractivity contribution is 5.90. The highest BCUT2D eigenvalue weighted by Gasteiger charge is 2.06. The number of carboxylic acid groups (broad SMARTS) is 1. The van der Waals surface area contributed by atoms with Gasteiger partial charge in [0.1, 0.15) is 5.75 Å². The van der Waals surface area contributed by atoms with E-state index in [0.717, 1.165) is 11.1 Å². The smallest absolute Gasteiger partial charge is 0.128 e. The molecule has 0 aliphatic carbocycles. The lowest BCUT2D eigenvalue weighted by atomic mass is 10.0. The molecular weight excluding hydrogens is 216 g/mol. The predicted molar refractivity (Wildman–Crippen MR) is 62.8 cm³/mol. The molecule has 0 heterocycles. The van der Waals surface area contributed by atoms with Crippen molar-refractivity contribution < 1.29 is 14.6 Å². The molecule has 0 unspecified atom stereocenters. The first-order chi connectivity index (χ1) is 8.22. The summed E-state index contributed by atoms with van der Waals surface area (Å²) in [5, 5.41) is 10.8. The Kier molecular flexibility index (Phi) is 3.10. The third-order valence-electron chi connectivity index (χ3n) is 2.53. The third kappa shape index (κ3) is 2.28. The summed E-state index contributed by atoms with van der Waals surface area (Å²) >= 11 is 0. The molecule has 0 amide bonds. The van der Waals surface area contributed by atoms with Crippen molar-refractivity contribution in [1.29, 1.82) is 0 Å². The zero-order chi connectivity index (χ0) is 12.3. The maximum absolute atomic E-state index is 10.8. The fourth-order valence-corrected chi connectivity index (χ4v) is 1.67. The highest BCUT2D eigenvalue weighted by atomic mass is 16.5. The monoisotopic (exact) mass is 227 g/mol. The van der Waals surface area contributed by atoms with Gasteiger partial charge in [0.15, 0.2) is 0 Å². The van der Waals surface area contributed by atoms with E-state index in [4.69, 9.17) is 4.74 Å². The van der Waals surface area contributed by atoms with Gasteiger partial charge in [0.25, 0.3) is 0 Å². The summed E-state index contributed by atoms with van der Waals surface area (Å²) in [6.45, 7) is 0. The SMILES string of the molecule is COc1cc(-c2ccccc2)ccc1C(=O)[O-]. The van der Waals surface area contributed by atoms with Crippen LogP contribution in [0.15, 0.2) is 48.5 Å². The lowest BCUT2D eigenvalue weighted by Crippen LogP contribution is -2.22. The van der Waals surface area contributed by atoms with E-state index in [1.165, 1.54) is 13.2 Å². The number of hydrogen-bond acceptors (Lipinski definition) is 3. The van der Waals surface area contributed by atoms with Gasteiger partial charge in [-0.15, -0.1) is 0 Å². The number of hydrogen-bond donors (Lipinski definition) is 0. The van der Waals surface area contributed by atoms with E-state index in [9.17, 15) is 9.90 Å². The van der Waals surface area contributed by atoms with Gasteiger partial charge in [-0.1, -0.05) is 36.4 Å². The molecule has 0 aliphatic rings. The van der Waals surface area contributed by atoms with Crippen LogP contribution in [-0.4, -0.2) is 13.1 Å². The molecule has 17 heavy (non-hydrogen) atoms. The van der Waals surface area contributed by atoms with Gasteiger partial charge in [0, 0.05) is 5.56 Å². The van der Waals surface area contributed by atoms with Gasteiger partial charge in [0.05, 0.1) is 13.1 Å². The molecule has 0 radical (unpaired) electrons. The van der Waals surface area contributed by atoms with Crippen LogP contribution in [0.25, 0.3) is 11.1 Å². The maximum Gasteiger partial charge on any atom is 0.128 e. The lowest BCUT2D eigenvalue weighted by molar-refractivity contribution is -0.255. The van der Waals surface area contributed by atoms with E-state index in [0.29, 0.717) is 5.75 Å². The Morgan fingerprint density at radius 2 is 1.76 bits per heavy atom. The van der Waals surface area contributed by atoms with Gasteiger partial charge in [-0.2, -0.15) is 0 Å². The van der Waals surface area contributed by atoms with Crippen LogP contribution in [0.2, 0.25) is 0 Å². The van der Waals surface area contributed by atoms with Crippen molar-refractivity contribution in [3.63, 3.8) is 0 Å². The van der Waals surface area contributed by atoms with E-state index in [-0.39, 0.29) is 5.56 Å². The van der Waals surface area contributed by atoms with E-state index < -0.39 is 5.97 Å². The molecule has 0 fully saturated rings. The number of aromatic carboxylic acids is 1. The molecule has 0 N–H and O–H groups in total. The average molecular weight is 227 g/mol. The Morgan fingerprint density at radius 3 is 2.35 bits per heavy atom. The second kappa shape index (κ2) is 4.70. The van der Waals surface area contributed by atoms with Crippen LogP contribution in [0, 0.1) is 0 Å². The zero-order valence-electron chi connectivity index (χ0n) is 9.34. The van der Waals surface area contributed by atoms with E-state index in [1.807, 2.05) is 30.3 Å². The zero-order valence-corrected chi connectivity index (χ0v) is 9.34. The number of rotatable bonds is 3. The van der Waals surface area contributed by atoms with Gasteiger partial charge in [-0.25, -0.2) is 0 Å². The van der Waals surface area contributed by atoms with Crippen molar-refractivity contribution in [1.82, 2.24) is 0 Å². The largest absolute Gasteiger partial charge is 0.545 e. The quantitative estimate of drug-likeness (QED) is 0.802. The molecule has 0 bridgehead atoms. The van der Waals surface area contributed by atoms with Crippen LogP contribution in [0.3, 0.4) is 0 Å². The van der Waals surface area contributed by atoms with Gasteiger partial charge < -0.3 is 14.6 Å². The molecule has 2 aromatic rings. The summed E-state index contributed by atoms with van der Waals surface area (Å²) < 4.78 is 5.05. The third-order valence-corrected chi connectivity index (χ3v) is 2.53. The maximum atomic E-state index is 10.8. The standard InChI is InChI=1S/C14H12O3/c1-17-13-9-11(7-8-12(13)14(15)16)10-5-3-2-4-6-10/h2-9H,1H3,(H,15,16)/p-1. The number of ether oxygens (including phenoxy) is 1. The van der Waals surface area contributed by atoms with E-state index in [1.54, 1.807) is 12.1 Å². The molecule has 0 atom stereocenters. The van der Waals surface area contributed by atoms with Crippen molar-refractivity contribution >= 4 is 5.97 Å². The summed E-state index contributed by atoms with van der Waals surface area (Å²) in [7, 11) is 1.44. The van der Waals surface area contributed by atoms with Crippen molar-refractivity contribution in [2.24, 2.45) is 0 Å². The Bertz CT molecular complexity index is 532. The Morgan fingerprint density at radius 1 is 1.06 bits per heavy atom. The van der Waals surface area contributed by atoms with Crippen LogP contribution in [-0.2, 0) is 0 Å². The topological polar surface area (TPSA) is 49.4 Å². The first-order valence-corrected chi connectivity index (χ1v) is 5.17. The molecular formula is C14H11O3-. The van der Waals surface area contributed by atoms with E-state index >= 15 is 0 Å². The minimum atomic E-state index is -1.23. The van der Waals surface area contributed by atoms with Gasteiger partial charge in [0.2, 0.25) is 0 Å². The second-order valence-corrected chi connectivity index (χ2v) is 3.57. The number of methoxy groups -OCH3 is 1. The fraction of sp³-hybridized carbons (Fsp3) is 0.0714.